The Hall–Kier alpha value is -3.19. The highest BCUT2D eigenvalue weighted by atomic mass is 16.6. The van der Waals surface area contributed by atoms with Crippen molar-refractivity contribution >= 4 is 22.6 Å². The van der Waals surface area contributed by atoms with Gasteiger partial charge in [0.25, 0.3) is 5.69 Å². The number of aromatic nitrogens is 1. The molecule has 0 bridgehead atoms. The van der Waals surface area contributed by atoms with Gasteiger partial charge in [0.15, 0.2) is 0 Å². The molecule has 0 saturated heterocycles. The lowest BCUT2D eigenvalue weighted by Crippen LogP contribution is -2.32. The number of nitro groups is 1. The third-order valence-corrected chi connectivity index (χ3v) is 3.90. The third kappa shape index (κ3) is 3.89. The van der Waals surface area contributed by atoms with Gasteiger partial charge in [-0.15, -0.1) is 0 Å². The van der Waals surface area contributed by atoms with E-state index in [0.29, 0.717) is 22.0 Å². The van der Waals surface area contributed by atoms with E-state index in [1.807, 2.05) is 50.2 Å². The molecule has 0 amide bonds. The number of nitro benzene ring substituents is 1. The second kappa shape index (κ2) is 8.26. The molecule has 0 saturated carbocycles. The maximum atomic E-state index is 11.5. The second-order valence-electron chi connectivity index (χ2n) is 5.50. The number of H-pyrrole nitrogens is 1. The van der Waals surface area contributed by atoms with Crippen molar-refractivity contribution < 1.29 is 14.8 Å². The first-order valence-electron chi connectivity index (χ1n) is 8.29. The molecule has 1 atom stereocenters. The molecule has 0 aliphatic carbocycles. The summed E-state index contributed by atoms with van der Waals surface area (Å²) >= 11 is 0. The number of carboxylic acid groups (broad SMARTS) is 1. The Bertz CT molecular complexity index is 919. The first-order valence-corrected chi connectivity index (χ1v) is 8.29. The van der Waals surface area contributed by atoms with Crippen LogP contribution in [0.5, 0.6) is 0 Å². The topological polar surface area (TPSA) is 122 Å². The van der Waals surface area contributed by atoms with E-state index in [2.05, 4.69) is 4.98 Å². The highest BCUT2D eigenvalue weighted by Crippen LogP contribution is 2.34. The van der Waals surface area contributed by atoms with E-state index >= 15 is 0 Å². The minimum Gasteiger partial charge on any atom is -0.480 e. The zero-order valence-electron chi connectivity index (χ0n) is 14.6. The zero-order chi connectivity index (χ0) is 19.3. The van der Waals surface area contributed by atoms with E-state index in [-0.39, 0.29) is 12.1 Å². The molecule has 1 unspecified atom stereocenters. The quantitative estimate of drug-likeness (QED) is 0.475. The summed E-state index contributed by atoms with van der Waals surface area (Å²) in [7, 11) is 0. The molecule has 136 valence electrons. The molecule has 1 aromatic heterocycles. The van der Waals surface area contributed by atoms with Crippen molar-refractivity contribution in [3.63, 3.8) is 0 Å². The lowest BCUT2D eigenvalue weighted by atomic mass is 9.99. The Balaban J connectivity index is 0.00000117. The number of nitrogens with zero attached hydrogens (tertiary/aromatic N) is 1. The van der Waals surface area contributed by atoms with Crippen LogP contribution in [-0.4, -0.2) is 27.0 Å². The third-order valence-electron chi connectivity index (χ3n) is 3.90. The molecule has 2 aromatic carbocycles. The zero-order valence-corrected chi connectivity index (χ0v) is 14.6. The number of nitrogens with one attached hydrogen (secondary N) is 1. The molecule has 0 radical (unpaired) electrons. The summed E-state index contributed by atoms with van der Waals surface area (Å²) in [6.07, 6.45) is 1.59. The van der Waals surface area contributed by atoms with Crippen molar-refractivity contribution in [1.82, 2.24) is 4.98 Å². The molecular weight excluding hydrogens is 334 g/mol. The Morgan fingerprint density at radius 1 is 1.23 bits per heavy atom. The summed E-state index contributed by atoms with van der Waals surface area (Å²) in [5, 5.41) is 20.9. The maximum absolute atomic E-state index is 11.5. The standard InChI is InChI=1S/C17H15N3O4.C2H6/c18-13(17(21)22)6-12-9-19-14-7-11(10-4-2-1-3-5-10)8-15(16(12)14)20(23)24;1-2/h1-5,7-9,13,19H,6,18H2,(H,21,22);1-2H3. The normalized spacial score (nSPS) is 11.5. The van der Waals surface area contributed by atoms with Gasteiger partial charge in [0.1, 0.15) is 6.04 Å². The number of benzene rings is 2. The molecular formula is C19H21N3O4. The summed E-state index contributed by atoms with van der Waals surface area (Å²) in [6, 6.07) is 11.5. The predicted molar refractivity (Wildman–Crippen MR) is 101 cm³/mol. The average molecular weight is 355 g/mol. The van der Waals surface area contributed by atoms with Crippen LogP contribution in [0.25, 0.3) is 22.0 Å². The van der Waals surface area contributed by atoms with Crippen molar-refractivity contribution in [3.8, 4) is 11.1 Å². The van der Waals surface area contributed by atoms with E-state index in [1.165, 1.54) is 6.07 Å². The Morgan fingerprint density at radius 3 is 2.46 bits per heavy atom. The SMILES string of the molecule is CC.NC(Cc1c[nH]c2cc(-c3ccccc3)cc([N+](=O)[O-])c12)C(=O)O. The van der Waals surface area contributed by atoms with Gasteiger partial charge in [0.05, 0.1) is 15.8 Å². The molecule has 0 aliphatic heterocycles. The molecule has 3 rings (SSSR count). The number of hydrogen-bond donors (Lipinski definition) is 3. The minimum atomic E-state index is -1.15. The van der Waals surface area contributed by atoms with Gasteiger partial charge in [0.2, 0.25) is 0 Å². The monoisotopic (exact) mass is 355 g/mol. The van der Waals surface area contributed by atoms with Gasteiger partial charge in [-0.05, 0) is 22.8 Å². The fourth-order valence-corrected chi connectivity index (χ4v) is 2.74. The Kier molecular flexibility index (Phi) is 6.08. The van der Waals surface area contributed by atoms with Crippen LogP contribution < -0.4 is 5.73 Å². The molecule has 3 aromatic rings. The summed E-state index contributed by atoms with van der Waals surface area (Å²) in [5.41, 5.74) is 8.17. The van der Waals surface area contributed by atoms with Gasteiger partial charge in [-0.2, -0.15) is 0 Å². The smallest absolute Gasteiger partial charge is 0.320 e. The Morgan fingerprint density at radius 2 is 1.88 bits per heavy atom. The molecule has 1 heterocycles. The van der Waals surface area contributed by atoms with E-state index in [9.17, 15) is 14.9 Å². The van der Waals surface area contributed by atoms with Gasteiger partial charge in [-0.3, -0.25) is 14.9 Å². The lowest BCUT2D eigenvalue weighted by Gasteiger charge is -2.07. The molecule has 7 heteroatoms. The van der Waals surface area contributed by atoms with Crippen LogP contribution in [0.1, 0.15) is 19.4 Å². The number of aromatic amines is 1. The van der Waals surface area contributed by atoms with Crippen molar-refractivity contribution in [2.75, 3.05) is 0 Å². The number of non-ortho nitro benzene ring substituents is 1. The molecule has 7 nitrogen and oxygen atoms in total. The summed E-state index contributed by atoms with van der Waals surface area (Å²) in [4.78, 5) is 25.0. The summed E-state index contributed by atoms with van der Waals surface area (Å²) in [5.74, 6) is -1.15. The largest absolute Gasteiger partial charge is 0.480 e. The van der Waals surface area contributed by atoms with Crippen LogP contribution in [0.15, 0.2) is 48.7 Å². The van der Waals surface area contributed by atoms with Gasteiger partial charge < -0.3 is 15.8 Å². The molecule has 0 fully saturated rings. The molecule has 4 N–H and O–H groups in total. The highest BCUT2D eigenvalue weighted by molar-refractivity contribution is 5.96. The lowest BCUT2D eigenvalue weighted by molar-refractivity contribution is -0.383. The van der Waals surface area contributed by atoms with Gasteiger partial charge in [-0.25, -0.2) is 0 Å². The van der Waals surface area contributed by atoms with Crippen molar-refractivity contribution in [1.29, 1.82) is 0 Å². The fraction of sp³-hybridized carbons (Fsp3) is 0.211. The van der Waals surface area contributed by atoms with Gasteiger partial charge in [-0.1, -0.05) is 44.2 Å². The number of nitrogens with two attached hydrogens (primary N) is 1. The number of rotatable bonds is 5. The van der Waals surface area contributed by atoms with Gasteiger partial charge >= 0.3 is 5.97 Å². The Labute approximate surface area is 150 Å². The maximum Gasteiger partial charge on any atom is 0.320 e. The summed E-state index contributed by atoms with van der Waals surface area (Å²) < 4.78 is 0. The number of fused-ring (bicyclic) bond motifs is 1. The minimum absolute atomic E-state index is 0.0147. The summed E-state index contributed by atoms with van der Waals surface area (Å²) in [6.45, 7) is 4.00. The van der Waals surface area contributed by atoms with E-state index in [4.69, 9.17) is 10.8 Å². The van der Waals surface area contributed by atoms with Crippen LogP contribution in [-0.2, 0) is 11.2 Å². The molecule has 0 aliphatic rings. The molecule has 0 spiro atoms. The van der Waals surface area contributed by atoms with E-state index < -0.39 is 16.9 Å². The van der Waals surface area contributed by atoms with Crippen LogP contribution >= 0.6 is 0 Å². The highest BCUT2D eigenvalue weighted by Gasteiger charge is 2.22. The first-order chi connectivity index (χ1) is 12.5. The number of carbonyl (C=O) groups is 1. The van der Waals surface area contributed by atoms with Crippen LogP contribution in [0.4, 0.5) is 5.69 Å². The number of aliphatic carboxylic acids is 1. The number of carboxylic acids is 1. The van der Waals surface area contributed by atoms with Crippen molar-refractivity contribution in [2.24, 2.45) is 5.73 Å². The average Bonchev–Trinajstić information content (AvgIpc) is 3.06. The van der Waals surface area contributed by atoms with Crippen molar-refractivity contribution in [2.45, 2.75) is 26.3 Å². The van der Waals surface area contributed by atoms with E-state index in [0.717, 1.165) is 5.56 Å². The van der Waals surface area contributed by atoms with Crippen LogP contribution in [0.3, 0.4) is 0 Å². The fourth-order valence-electron chi connectivity index (χ4n) is 2.74. The predicted octanol–water partition coefficient (Wildman–Crippen LogP) is 3.72. The van der Waals surface area contributed by atoms with Gasteiger partial charge in [0, 0.05) is 18.7 Å². The first kappa shape index (κ1) is 19.1. The van der Waals surface area contributed by atoms with Crippen molar-refractivity contribution in [3.05, 3.63) is 64.3 Å². The molecule has 26 heavy (non-hydrogen) atoms. The second-order valence-corrected chi connectivity index (χ2v) is 5.50. The number of hydrogen-bond acceptors (Lipinski definition) is 4. The van der Waals surface area contributed by atoms with E-state index in [1.54, 1.807) is 6.20 Å². The van der Waals surface area contributed by atoms with Crippen LogP contribution in [0.2, 0.25) is 0 Å². The van der Waals surface area contributed by atoms with Crippen LogP contribution in [0, 0.1) is 10.1 Å².